The van der Waals surface area contributed by atoms with Gasteiger partial charge in [-0.25, -0.2) is 13.1 Å². The van der Waals surface area contributed by atoms with E-state index in [0.29, 0.717) is 18.7 Å². The van der Waals surface area contributed by atoms with Crippen molar-refractivity contribution in [3.05, 3.63) is 54.1 Å². The van der Waals surface area contributed by atoms with E-state index in [2.05, 4.69) is 4.72 Å². The molecule has 0 unspecified atom stereocenters. The zero-order valence-electron chi connectivity index (χ0n) is 13.9. The van der Waals surface area contributed by atoms with Gasteiger partial charge in [-0.1, -0.05) is 18.2 Å². The average Bonchev–Trinajstić information content (AvgIpc) is 3.06. The highest BCUT2D eigenvalue weighted by molar-refractivity contribution is 7.89. The summed E-state index contributed by atoms with van der Waals surface area (Å²) >= 11 is 0. The van der Waals surface area contributed by atoms with Gasteiger partial charge in [-0.05, 0) is 36.8 Å². The number of methoxy groups -OCH3 is 1. The third-order valence-corrected chi connectivity index (χ3v) is 5.59. The Morgan fingerprint density at radius 2 is 1.84 bits per heavy atom. The molecule has 2 aromatic rings. The molecular formula is C18H20N2O4S. The van der Waals surface area contributed by atoms with Crippen LogP contribution >= 0.6 is 0 Å². The maximum Gasteiger partial charge on any atom is 0.240 e. The van der Waals surface area contributed by atoms with Crippen molar-refractivity contribution in [2.45, 2.75) is 24.3 Å². The second kappa shape index (κ2) is 7.25. The molecule has 1 aliphatic heterocycles. The Bertz CT molecular complexity index is 863. The number of nitrogens with one attached hydrogen (secondary N) is 1. The number of hydrogen-bond acceptors (Lipinski definition) is 4. The molecule has 1 saturated heterocycles. The number of nitrogens with zero attached hydrogens (tertiary/aromatic N) is 1. The van der Waals surface area contributed by atoms with Gasteiger partial charge in [0, 0.05) is 30.8 Å². The lowest BCUT2D eigenvalue weighted by Crippen LogP contribution is -2.25. The molecule has 25 heavy (non-hydrogen) atoms. The summed E-state index contributed by atoms with van der Waals surface area (Å²) < 4.78 is 32.7. The van der Waals surface area contributed by atoms with Gasteiger partial charge in [0.25, 0.3) is 0 Å². The van der Waals surface area contributed by atoms with Crippen molar-refractivity contribution >= 4 is 21.6 Å². The van der Waals surface area contributed by atoms with Gasteiger partial charge in [0.2, 0.25) is 15.9 Å². The van der Waals surface area contributed by atoms with Gasteiger partial charge < -0.3 is 9.64 Å². The lowest BCUT2D eigenvalue weighted by atomic mass is 10.2. The van der Waals surface area contributed by atoms with E-state index in [0.717, 1.165) is 17.7 Å². The molecule has 1 amide bonds. The highest BCUT2D eigenvalue weighted by atomic mass is 32.2. The summed E-state index contributed by atoms with van der Waals surface area (Å²) in [7, 11) is -2.10. The Balaban J connectivity index is 1.72. The van der Waals surface area contributed by atoms with Crippen LogP contribution < -0.4 is 14.4 Å². The van der Waals surface area contributed by atoms with E-state index in [4.69, 9.17) is 4.74 Å². The first-order chi connectivity index (χ1) is 12.0. The lowest BCUT2D eigenvalue weighted by molar-refractivity contribution is -0.117. The second-order valence-corrected chi connectivity index (χ2v) is 7.55. The van der Waals surface area contributed by atoms with Gasteiger partial charge in [0.1, 0.15) is 5.75 Å². The summed E-state index contributed by atoms with van der Waals surface area (Å²) in [6.07, 6.45) is 1.37. The monoisotopic (exact) mass is 360 g/mol. The number of rotatable bonds is 6. The van der Waals surface area contributed by atoms with Crippen LogP contribution in [0.25, 0.3) is 0 Å². The van der Waals surface area contributed by atoms with Crippen LogP contribution in [0.15, 0.2) is 53.4 Å². The first-order valence-electron chi connectivity index (χ1n) is 8.03. The Morgan fingerprint density at radius 3 is 2.48 bits per heavy atom. The van der Waals surface area contributed by atoms with Crippen molar-refractivity contribution in [2.75, 3.05) is 18.6 Å². The largest absolute Gasteiger partial charge is 0.496 e. The molecule has 0 radical (unpaired) electrons. The molecule has 6 nitrogen and oxygen atoms in total. The molecule has 3 rings (SSSR count). The third kappa shape index (κ3) is 3.83. The van der Waals surface area contributed by atoms with Gasteiger partial charge >= 0.3 is 0 Å². The molecule has 0 aromatic heterocycles. The maximum atomic E-state index is 12.5. The summed E-state index contributed by atoms with van der Waals surface area (Å²) in [6.45, 7) is 0.815. The number of anilines is 1. The quantitative estimate of drug-likeness (QED) is 0.858. The highest BCUT2D eigenvalue weighted by Crippen LogP contribution is 2.23. The van der Waals surface area contributed by atoms with E-state index in [-0.39, 0.29) is 17.3 Å². The van der Waals surface area contributed by atoms with Crippen LogP contribution in [0.5, 0.6) is 5.75 Å². The molecule has 1 fully saturated rings. The van der Waals surface area contributed by atoms with Gasteiger partial charge in [0.05, 0.1) is 12.0 Å². The van der Waals surface area contributed by atoms with Gasteiger partial charge in [-0.2, -0.15) is 0 Å². The predicted octanol–water partition coefficient (Wildman–Crippen LogP) is 2.30. The van der Waals surface area contributed by atoms with E-state index in [1.807, 2.05) is 18.2 Å². The molecule has 0 saturated carbocycles. The first-order valence-corrected chi connectivity index (χ1v) is 9.51. The topological polar surface area (TPSA) is 75.7 Å². The number of sulfonamides is 1. The van der Waals surface area contributed by atoms with E-state index in [9.17, 15) is 13.2 Å². The molecule has 132 valence electrons. The fourth-order valence-electron chi connectivity index (χ4n) is 2.83. The molecule has 0 atom stereocenters. The second-order valence-electron chi connectivity index (χ2n) is 5.78. The molecule has 1 N–H and O–H groups in total. The molecule has 0 bridgehead atoms. The number of carbonyl (C=O) groups is 1. The molecule has 0 spiro atoms. The van der Waals surface area contributed by atoms with Crippen LogP contribution in [0, 0.1) is 0 Å². The summed E-state index contributed by atoms with van der Waals surface area (Å²) in [4.78, 5) is 13.6. The standard InChI is InChI=1S/C18H20N2O4S/c1-24-17-6-3-2-5-14(17)13-19-25(22,23)16-10-8-15(9-11-16)20-12-4-7-18(20)21/h2-3,5-6,8-11,19H,4,7,12-13H2,1H3. The minimum absolute atomic E-state index is 0.0740. The number of benzene rings is 2. The van der Waals surface area contributed by atoms with E-state index in [1.54, 1.807) is 30.2 Å². The first kappa shape index (κ1) is 17.4. The Morgan fingerprint density at radius 1 is 1.12 bits per heavy atom. The Hall–Kier alpha value is -2.38. The van der Waals surface area contributed by atoms with Gasteiger partial charge in [-0.3, -0.25) is 4.79 Å². The van der Waals surface area contributed by atoms with Crippen LogP contribution in [0.1, 0.15) is 18.4 Å². The summed E-state index contributed by atoms with van der Waals surface area (Å²) in [6, 6.07) is 13.6. The Labute approximate surface area is 147 Å². The van der Waals surface area contributed by atoms with Crippen molar-refractivity contribution in [2.24, 2.45) is 0 Å². The Kier molecular flexibility index (Phi) is 5.06. The summed E-state index contributed by atoms with van der Waals surface area (Å²) in [5, 5.41) is 0. The minimum atomic E-state index is -3.65. The van der Waals surface area contributed by atoms with Crippen LogP contribution in [-0.4, -0.2) is 28.0 Å². The average molecular weight is 360 g/mol. The van der Waals surface area contributed by atoms with Crippen molar-refractivity contribution in [1.82, 2.24) is 4.72 Å². The number of amides is 1. The highest BCUT2D eigenvalue weighted by Gasteiger charge is 2.22. The summed E-state index contributed by atoms with van der Waals surface area (Å²) in [5.74, 6) is 0.706. The minimum Gasteiger partial charge on any atom is -0.496 e. The molecule has 0 aliphatic carbocycles. The van der Waals surface area contributed by atoms with Crippen LogP contribution in [0.3, 0.4) is 0 Å². The third-order valence-electron chi connectivity index (χ3n) is 4.18. The van der Waals surface area contributed by atoms with E-state index < -0.39 is 10.0 Å². The number of para-hydroxylation sites is 1. The van der Waals surface area contributed by atoms with Gasteiger partial charge in [-0.15, -0.1) is 0 Å². The number of carbonyl (C=O) groups excluding carboxylic acids is 1. The van der Waals surface area contributed by atoms with E-state index >= 15 is 0 Å². The normalized spacial score (nSPS) is 14.8. The zero-order valence-corrected chi connectivity index (χ0v) is 14.8. The van der Waals surface area contributed by atoms with Crippen molar-refractivity contribution in [3.8, 4) is 5.75 Å². The van der Waals surface area contributed by atoms with Crippen LogP contribution in [-0.2, 0) is 21.4 Å². The van der Waals surface area contributed by atoms with Gasteiger partial charge in [0.15, 0.2) is 0 Å². The number of hydrogen-bond donors (Lipinski definition) is 1. The SMILES string of the molecule is COc1ccccc1CNS(=O)(=O)c1ccc(N2CCCC2=O)cc1. The van der Waals surface area contributed by atoms with Crippen LogP contribution in [0.4, 0.5) is 5.69 Å². The molecule has 1 heterocycles. The molecule has 7 heteroatoms. The van der Waals surface area contributed by atoms with Crippen molar-refractivity contribution in [3.63, 3.8) is 0 Å². The number of ether oxygens (including phenoxy) is 1. The lowest BCUT2D eigenvalue weighted by Gasteiger charge is -2.16. The maximum absolute atomic E-state index is 12.5. The van der Waals surface area contributed by atoms with Crippen molar-refractivity contribution < 1.29 is 17.9 Å². The van der Waals surface area contributed by atoms with Crippen LogP contribution in [0.2, 0.25) is 0 Å². The molecule has 1 aliphatic rings. The summed E-state index contributed by atoms with van der Waals surface area (Å²) in [5.41, 5.74) is 1.49. The smallest absolute Gasteiger partial charge is 0.240 e. The van der Waals surface area contributed by atoms with E-state index in [1.165, 1.54) is 12.1 Å². The fraction of sp³-hybridized carbons (Fsp3) is 0.278. The van der Waals surface area contributed by atoms with Crippen molar-refractivity contribution in [1.29, 1.82) is 0 Å². The fourth-order valence-corrected chi connectivity index (χ4v) is 3.84. The molecule has 2 aromatic carbocycles. The molecular weight excluding hydrogens is 340 g/mol. The zero-order chi connectivity index (χ0) is 17.9. The predicted molar refractivity (Wildman–Crippen MR) is 95.0 cm³/mol.